The number of nitrogens with zero attached hydrogens (tertiary/aromatic N) is 1. The number of rotatable bonds is 10. The molecule has 2 aromatic carbocycles. The molecule has 0 aliphatic heterocycles. The summed E-state index contributed by atoms with van der Waals surface area (Å²) in [5.74, 6) is -5.42. The lowest BCUT2D eigenvalue weighted by atomic mass is 10.2. The van der Waals surface area contributed by atoms with E-state index in [1.807, 2.05) is 0 Å². The van der Waals surface area contributed by atoms with Gasteiger partial charge in [0, 0.05) is 31.3 Å². The van der Waals surface area contributed by atoms with Gasteiger partial charge in [-0.05, 0) is 36.4 Å². The molecule has 8 nitrogen and oxygen atoms in total. The summed E-state index contributed by atoms with van der Waals surface area (Å²) in [5, 5.41) is 2.28. The van der Waals surface area contributed by atoms with Gasteiger partial charge >= 0.3 is 5.97 Å². The van der Waals surface area contributed by atoms with Gasteiger partial charge in [-0.3, -0.25) is 19.2 Å². The van der Waals surface area contributed by atoms with Crippen LogP contribution in [0.3, 0.4) is 0 Å². The molecule has 0 heterocycles. The van der Waals surface area contributed by atoms with Crippen LogP contribution in [0.1, 0.15) is 23.2 Å². The summed E-state index contributed by atoms with van der Waals surface area (Å²) < 4.78 is 44.4. The molecule has 0 aliphatic carbocycles. The fraction of sp³-hybridized carbons (Fsp3) is 0.238. The number of nitrogens with two attached hydrogens (primary N) is 1. The van der Waals surface area contributed by atoms with E-state index in [1.165, 1.54) is 12.1 Å². The van der Waals surface area contributed by atoms with Gasteiger partial charge in [0.2, 0.25) is 5.91 Å². The van der Waals surface area contributed by atoms with Crippen molar-refractivity contribution in [2.45, 2.75) is 12.8 Å². The lowest BCUT2D eigenvalue weighted by Gasteiger charge is -2.22. The van der Waals surface area contributed by atoms with Crippen LogP contribution in [0.5, 0.6) is 0 Å². The van der Waals surface area contributed by atoms with Crippen LogP contribution in [0.25, 0.3) is 0 Å². The first kappa shape index (κ1) is 24.4. The zero-order valence-electron chi connectivity index (χ0n) is 16.8. The molecule has 3 amide bonds. The number of esters is 1. The first-order chi connectivity index (χ1) is 15.2. The monoisotopic (exact) mass is 451 g/mol. The van der Waals surface area contributed by atoms with Crippen LogP contribution in [0.15, 0.2) is 42.5 Å². The Balaban J connectivity index is 1.85. The average molecular weight is 451 g/mol. The van der Waals surface area contributed by atoms with Gasteiger partial charge in [-0.1, -0.05) is 0 Å². The number of hydrogen-bond acceptors (Lipinski definition) is 5. The third-order valence-corrected chi connectivity index (χ3v) is 4.17. The quantitative estimate of drug-likeness (QED) is 0.533. The topological polar surface area (TPSA) is 119 Å². The minimum atomic E-state index is -1.05. The van der Waals surface area contributed by atoms with Crippen LogP contribution in [0.2, 0.25) is 0 Å². The zero-order chi connectivity index (χ0) is 23.7. The van der Waals surface area contributed by atoms with Crippen LogP contribution in [-0.4, -0.2) is 43.4 Å². The van der Waals surface area contributed by atoms with E-state index in [2.05, 4.69) is 5.32 Å². The van der Waals surface area contributed by atoms with Crippen LogP contribution >= 0.6 is 0 Å². The van der Waals surface area contributed by atoms with Gasteiger partial charge in [-0.25, -0.2) is 13.2 Å². The SMILES string of the molecule is NC(=O)CCN(C(=O)COC(=O)CCNC(=O)c1ccc(F)cc1F)c1ccc(F)cc1. The van der Waals surface area contributed by atoms with Gasteiger partial charge in [0.15, 0.2) is 6.61 Å². The maximum atomic E-state index is 13.6. The largest absolute Gasteiger partial charge is 0.455 e. The lowest BCUT2D eigenvalue weighted by molar-refractivity contribution is -0.147. The van der Waals surface area contributed by atoms with Crippen molar-refractivity contribution in [2.75, 3.05) is 24.6 Å². The Bertz CT molecular complexity index is 999. The number of anilines is 1. The highest BCUT2D eigenvalue weighted by molar-refractivity contribution is 5.96. The van der Waals surface area contributed by atoms with Crippen LogP contribution in [-0.2, 0) is 19.1 Å². The first-order valence-corrected chi connectivity index (χ1v) is 9.40. The predicted octanol–water partition coefficient (Wildman–Crippen LogP) is 1.68. The third-order valence-electron chi connectivity index (χ3n) is 4.17. The van der Waals surface area contributed by atoms with E-state index in [9.17, 15) is 32.3 Å². The molecule has 0 fully saturated rings. The molecule has 0 aliphatic rings. The Morgan fingerprint density at radius 1 is 0.938 bits per heavy atom. The van der Waals surface area contributed by atoms with E-state index in [1.54, 1.807) is 0 Å². The zero-order valence-corrected chi connectivity index (χ0v) is 16.8. The second-order valence-corrected chi connectivity index (χ2v) is 6.53. The molecular weight excluding hydrogens is 431 g/mol. The molecule has 0 saturated heterocycles. The summed E-state index contributed by atoms with van der Waals surface area (Å²) in [7, 11) is 0. The number of amides is 3. The molecule has 2 rings (SSSR count). The Hall–Kier alpha value is -3.89. The summed E-state index contributed by atoms with van der Waals surface area (Å²) in [6.45, 7) is -0.988. The molecule has 0 aromatic heterocycles. The number of carbonyl (C=O) groups excluding carboxylic acids is 4. The number of halogens is 3. The smallest absolute Gasteiger partial charge is 0.308 e. The summed E-state index contributed by atoms with van der Waals surface area (Å²) in [4.78, 5) is 48.3. The van der Waals surface area contributed by atoms with Crippen molar-refractivity contribution < 1.29 is 37.1 Å². The molecule has 0 atom stereocenters. The van der Waals surface area contributed by atoms with Crippen molar-refractivity contribution in [3.8, 4) is 0 Å². The minimum absolute atomic E-state index is 0.101. The number of benzene rings is 2. The summed E-state index contributed by atoms with van der Waals surface area (Å²) in [6, 6.07) is 7.33. The van der Waals surface area contributed by atoms with E-state index >= 15 is 0 Å². The lowest BCUT2D eigenvalue weighted by Crippen LogP contribution is -2.37. The van der Waals surface area contributed by atoms with Crippen molar-refractivity contribution in [3.05, 3.63) is 65.5 Å². The normalized spacial score (nSPS) is 10.3. The molecule has 0 radical (unpaired) electrons. The highest BCUT2D eigenvalue weighted by Crippen LogP contribution is 2.16. The molecule has 3 N–H and O–H groups in total. The van der Waals surface area contributed by atoms with Gasteiger partial charge in [0.1, 0.15) is 17.5 Å². The average Bonchev–Trinajstić information content (AvgIpc) is 2.73. The van der Waals surface area contributed by atoms with Crippen molar-refractivity contribution in [1.29, 1.82) is 0 Å². The Labute approximate surface area is 181 Å². The second-order valence-electron chi connectivity index (χ2n) is 6.53. The molecule has 2 aromatic rings. The number of ether oxygens (including phenoxy) is 1. The molecule has 170 valence electrons. The fourth-order valence-corrected chi connectivity index (χ4v) is 2.58. The maximum Gasteiger partial charge on any atom is 0.308 e. The molecule has 0 spiro atoms. The third kappa shape index (κ3) is 7.42. The van der Waals surface area contributed by atoms with Crippen molar-refractivity contribution in [2.24, 2.45) is 5.73 Å². The number of hydrogen-bond donors (Lipinski definition) is 2. The standard InChI is InChI=1S/C21H20F3N3O5/c22-13-1-4-15(5-2-13)27(10-8-18(25)28)19(29)12-32-20(30)7-9-26-21(31)16-6-3-14(23)11-17(16)24/h1-6,11H,7-10,12H2,(H2,25,28)(H,26,31). The van der Waals surface area contributed by atoms with Crippen LogP contribution in [0.4, 0.5) is 18.9 Å². The van der Waals surface area contributed by atoms with Crippen LogP contribution < -0.4 is 16.0 Å². The van der Waals surface area contributed by atoms with E-state index < -0.39 is 47.7 Å². The van der Waals surface area contributed by atoms with E-state index in [0.29, 0.717) is 6.07 Å². The molecule has 0 bridgehead atoms. The number of primary amides is 1. The fourth-order valence-electron chi connectivity index (χ4n) is 2.58. The van der Waals surface area contributed by atoms with Gasteiger partial charge in [0.05, 0.1) is 12.0 Å². The summed E-state index contributed by atoms with van der Waals surface area (Å²) >= 11 is 0. The van der Waals surface area contributed by atoms with Crippen molar-refractivity contribution >= 4 is 29.4 Å². The molecule has 11 heteroatoms. The highest BCUT2D eigenvalue weighted by atomic mass is 19.1. The van der Waals surface area contributed by atoms with E-state index in [0.717, 1.165) is 29.2 Å². The summed E-state index contributed by atoms with van der Waals surface area (Å²) in [5.41, 5.74) is 4.99. The van der Waals surface area contributed by atoms with E-state index in [4.69, 9.17) is 10.5 Å². The Morgan fingerprint density at radius 3 is 2.22 bits per heavy atom. The molecular formula is C21H20F3N3O5. The second kappa shape index (κ2) is 11.5. The minimum Gasteiger partial charge on any atom is -0.455 e. The molecule has 32 heavy (non-hydrogen) atoms. The molecule has 0 unspecified atom stereocenters. The van der Waals surface area contributed by atoms with Crippen molar-refractivity contribution in [3.63, 3.8) is 0 Å². The van der Waals surface area contributed by atoms with Gasteiger partial charge in [-0.15, -0.1) is 0 Å². The summed E-state index contributed by atoms with van der Waals surface area (Å²) in [6.07, 6.45) is -0.483. The number of carbonyl (C=O) groups is 4. The van der Waals surface area contributed by atoms with Crippen LogP contribution in [0, 0.1) is 17.5 Å². The maximum absolute atomic E-state index is 13.6. The highest BCUT2D eigenvalue weighted by Gasteiger charge is 2.19. The first-order valence-electron chi connectivity index (χ1n) is 9.40. The Morgan fingerprint density at radius 2 is 1.59 bits per heavy atom. The van der Waals surface area contributed by atoms with Crippen molar-refractivity contribution in [1.82, 2.24) is 5.32 Å². The number of nitrogens with one attached hydrogen (secondary N) is 1. The van der Waals surface area contributed by atoms with Gasteiger partial charge in [0.25, 0.3) is 11.8 Å². The van der Waals surface area contributed by atoms with E-state index in [-0.39, 0.29) is 37.2 Å². The Kier molecular flexibility index (Phi) is 8.75. The molecule has 0 saturated carbocycles. The predicted molar refractivity (Wildman–Crippen MR) is 107 cm³/mol. The van der Waals surface area contributed by atoms with Gasteiger partial charge < -0.3 is 20.7 Å². The van der Waals surface area contributed by atoms with Gasteiger partial charge in [-0.2, -0.15) is 0 Å².